The molecule has 16 heavy (non-hydrogen) atoms. The molecular weight excluding hydrogens is 198 g/mol. The van der Waals surface area contributed by atoms with Crippen molar-refractivity contribution in [1.82, 2.24) is 5.32 Å². The van der Waals surface area contributed by atoms with Crippen LogP contribution in [0.5, 0.6) is 0 Å². The van der Waals surface area contributed by atoms with Gasteiger partial charge in [0.05, 0.1) is 0 Å². The number of nitrogens with one attached hydrogen (secondary N) is 1. The number of amides is 1. The first-order valence-corrected chi connectivity index (χ1v) is 6.07. The SMILES string of the molecule is CC.CC(C)C1Cc2ccccc2C(=O)N1. The van der Waals surface area contributed by atoms with Gasteiger partial charge >= 0.3 is 0 Å². The van der Waals surface area contributed by atoms with Gasteiger partial charge in [0.25, 0.3) is 5.91 Å². The van der Waals surface area contributed by atoms with Crippen molar-refractivity contribution in [2.24, 2.45) is 5.92 Å². The zero-order valence-electron chi connectivity index (χ0n) is 10.6. The summed E-state index contributed by atoms with van der Waals surface area (Å²) in [5.41, 5.74) is 2.01. The van der Waals surface area contributed by atoms with Gasteiger partial charge in [0.15, 0.2) is 0 Å². The van der Waals surface area contributed by atoms with Crippen molar-refractivity contribution in [3.63, 3.8) is 0 Å². The summed E-state index contributed by atoms with van der Waals surface area (Å²) in [7, 11) is 0. The Labute approximate surface area is 98.1 Å². The summed E-state index contributed by atoms with van der Waals surface area (Å²) in [6.07, 6.45) is 0.958. The number of benzene rings is 1. The van der Waals surface area contributed by atoms with E-state index in [-0.39, 0.29) is 11.9 Å². The van der Waals surface area contributed by atoms with E-state index in [4.69, 9.17) is 0 Å². The average Bonchev–Trinajstić information content (AvgIpc) is 2.31. The van der Waals surface area contributed by atoms with E-state index in [1.807, 2.05) is 38.1 Å². The maximum Gasteiger partial charge on any atom is 0.251 e. The molecule has 1 aliphatic rings. The van der Waals surface area contributed by atoms with Crippen molar-refractivity contribution in [1.29, 1.82) is 0 Å². The molecule has 0 aliphatic carbocycles. The lowest BCUT2D eigenvalue weighted by Crippen LogP contribution is -2.44. The number of rotatable bonds is 1. The first-order chi connectivity index (χ1) is 7.68. The molecule has 0 spiro atoms. The van der Waals surface area contributed by atoms with Crippen LogP contribution < -0.4 is 5.32 Å². The topological polar surface area (TPSA) is 29.1 Å². The zero-order valence-corrected chi connectivity index (χ0v) is 10.6. The third-order valence-electron chi connectivity index (χ3n) is 2.82. The van der Waals surface area contributed by atoms with E-state index >= 15 is 0 Å². The molecule has 1 aliphatic heterocycles. The minimum Gasteiger partial charge on any atom is -0.349 e. The van der Waals surface area contributed by atoms with Crippen molar-refractivity contribution in [3.05, 3.63) is 35.4 Å². The summed E-state index contributed by atoms with van der Waals surface area (Å²) in [6.45, 7) is 8.28. The van der Waals surface area contributed by atoms with Crippen LogP contribution in [0.3, 0.4) is 0 Å². The highest BCUT2D eigenvalue weighted by Gasteiger charge is 2.25. The zero-order chi connectivity index (χ0) is 12.1. The van der Waals surface area contributed by atoms with E-state index in [2.05, 4.69) is 19.2 Å². The summed E-state index contributed by atoms with van der Waals surface area (Å²) in [4.78, 5) is 11.7. The smallest absolute Gasteiger partial charge is 0.251 e. The second-order valence-corrected chi connectivity index (χ2v) is 4.19. The molecule has 1 heterocycles. The standard InChI is InChI=1S/C12H15NO.C2H6/c1-8(2)11-7-9-5-3-4-6-10(9)12(14)13-11;1-2/h3-6,8,11H,7H2,1-2H3,(H,13,14);1-2H3. The second kappa shape index (κ2) is 5.69. The van der Waals surface area contributed by atoms with Gasteiger partial charge in [-0.05, 0) is 24.0 Å². The lowest BCUT2D eigenvalue weighted by molar-refractivity contribution is 0.0912. The quantitative estimate of drug-likeness (QED) is 0.773. The normalized spacial score (nSPS) is 18.3. The summed E-state index contributed by atoms with van der Waals surface area (Å²) in [5.74, 6) is 0.567. The highest BCUT2D eigenvalue weighted by atomic mass is 16.1. The van der Waals surface area contributed by atoms with E-state index in [1.54, 1.807) is 0 Å². The van der Waals surface area contributed by atoms with Crippen LogP contribution in [-0.2, 0) is 6.42 Å². The lowest BCUT2D eigenvalue weighted by Gasteiger charge is -2.28. The highest BCUT2D eigenvalue weighted by Crippen LogP contribution is 2.19. The summed E-state index contributed by atoms with van der Waals surface area (Å²) in [6, 6.07) is 8.13. The van der Waals surface area contributed by atoms with Crippen molar-refractivity contribution in [2.45, 2.75) is 40.2 Å². The Morgan fingerprint density at radius 1 is 1.25 bits per heavy atom. The number of carbonyl (C=O) groups is 1. The Balaban J connectivity index is 0.000000606. The number of fused-ring (bicyclic) bond motifs is 1. The molecular formula is C14H21NO. The van der Waals surface area contributed by atoms with Crippen LogP contribution >= 0.6 is 0 Å². The largest absolute Gasteiger partial charge is 0.349 e. The second-order valence-electron chi connectivity index (χ2n) is 4.19. The fourth-order valence-electron chi connectivity index (χ4n) is 1.86. The van der Waals surface area contributed by atoms with Crippen molar-refractivity contribution in [2.75, 3.05) is 0 Å². The first-order valence-electron chi connectivity index (χ1n) is 6.07. The fraction of sp³-hybridized carbons (Fsp3) is 0.500. The molecule has 1 aromatic rings. The Bertz CT molecular complexity index is 358. The van der Waals surface area contributed by atoms with Gasteiger partial charge in [0.2, 0.25) is 0 Å². The molecule has 88 valence electrons. The molecule has 2 rings (SSSR count). The molecule has 0 fully saturated rings. The van der Waals surface area contributed by atoms with Crippen molar-refractivity contribution in [3.8, 4) is 0 Å². The molecule has 0 aromatic heterocycles. The minimum atomic E-state index is 0.0746. The third-order valence-corrected chi connectivity index (χ3v) is 2.82. The van der Waals surface area contributed by atoms with Crippen LogP contribution in [-0.4, -0.2) is 11.9 Å². The van der Waals surface area contributed by atoms with Gasteiger partial charge < -0.3 is 5.32 Å². The average molecular weight is 219 g/mol. The predicted octanol–water partition coefficient (Wildman–Crippen LogP) is 3.02. The molecule has 0 saturated heterocycles. The molecule has 1 aromatic carbocycles. The number of hydrogen-bond donors (Lipinski definition) is 1. The van der Waals surface area contributed by atoms with Gasteiger partial charge in [-0.1, -0.05) is 45.9 Å². The summed E-state index contributed by atoms with van der Waals surface area (Å²) >= 11 is 0. The molecule has 0 saturated carbocycles. The van der Waals surface area contributed by atoms with Crippen LogP contribution in [0.15, 0.2) is 24.3 Å². The maximum atomic E-state index is 11.7. The van der Waals surface area contributed by atoms with Crippen LogP contribution in [0.25, 0.3) is 0 Å². The third kappa shape index (κ3) is 2.63. The van der Waals surface area contributed by atoms with Gasteiger partial charge in [-0.25, -0.2) is 0 Å². The summed E-state index contributed by atoms with van der Waals surface area (Å²) in [5, 5.41) is 3.03. The maximum absolute atomic E-state index is 11.7. The summed E-state index contributed by atoms with van der Waals surface area (Å²) < 4.78 is 0. The Morgan fingerprint density at radius 3 is 2.50 bits per heavy atom. The number of hydrogen-bond acceptors (Lipinski definition) is 1. The van der Waals surface area contributed by atoms with E-state index in [0.29, 0.717) is 5.92 Å². The van der Waals surface area contributed by atoms with Crippen LogP contribution in [0.1, 0.15) is 43.6 Å². The molecule has 1 N–H and O–H groups in total. The van der Waals surface area contributed by atoms with E-state index < -0.39 is 0 Å². The van der Waals surface area contributed by atoms with E-state index in [1.165, 1.54) is 5.56 Å². The first kappa shape index (κ1) is 12.8. The monoisotopic (exact) mass is 219 g/mol. The van der Waals surface area contributed by atoms with Gasteiger partial charge in [-0.2, -0.15) is 0 Å². The van der Waals surface area contributed by atoms with Gasteiger partial charge in [-0.3, -0.25) is 4.79 Å². The molecule has 0 bridgehead atoms. The molecule has 2 heteroatoms. The van der Waals surface area contributed by atoms with Gasteiger partial charge in [0, 0.05) is 11.6 Å². The van der Waals surface area contributed by atoms with Crippen LogP contribution in [0.4, 0.5) is 0 Å². The van der Waals surface area contributed by atoms with Gasteiger partial charge in [-0.15, -0.1) is 0 Å². The predicted molar refractivity (Wildman–Crippen MR) is 67.6 cm³/mol. The van der Waals surface area contributed by atoms with Crippen molar-refractivity contribution >= 4 is 5.91 Å². The Morgan fingerprint density at radius 2 is 1.88 bits per heavy atom. The lowest BCUT2D eigenvalue weighted by atomic mass is 9.89. The Kier molecular flexibility index (Phi) is 4.53. The van der Waals surface area contributed by atoms with Crippen molar-refractivity contribution < 1.29 is 4.79 Å². The molecule has 1 unspecified atom stereocenters. The minimum absolute atomic E-state index is 0.0746. The Hall–Kier alpha value is -1.31. The number of carbonyl (C=O) groups excluding carboxylic acids is 1. The van der Waals surface area contributed by atoms with E-state index in [0.717, 1.165) is 12.0 Å². The molecule has 1 amide bonds. The highest BCUT2D eigenvalue weighted by molar-refractivity contribution is 5.96. The molecule has 0 radical (unpaired) electrons. The van der Waals surface area contributed by atoms with E-state index in [9.17, 15) is 4.79 Å². The van der Waals surface area contributed by atoms with Crippen LogP contribution in [0.2, 0.25) is 0 Å². The molecule has 2 nitrogen and oxygen atoms in total. The fourth-order valence-corrected chi connectivity index (χ4v) is 1.86. The van der Waals surface area contributed by atoms with Crippen LogP contribution in [0, 0.1) is 5.92 Å². The molecule has 1 atom stereocenters. The van der Waals surface area contributed by atoms with Gasteiger partial charge in [0.1, 0.15) is 0 Å².